The molecule has 130 valence electrons. The van der Waals surface area contributed by atoms with Crippen LogP contribution in [-0.4, -0.2) is 30.5 Å². The smallest absolute Gasteiger partial charge is 0.141 e. The van der Waals surface area contributed by atoms with Crippen LogP contribution in [0.4, 0.5) is 0 Å². The average molecular weight is 354 g/mol. The highest BCUT2D eigenvalue weighted by atomic mass is 32.2. The molecule has 0 radical (unpaired) electrons. The molecule has 25 heavy (non-hydrogen) atoms. The molecule has 6 nitrogen and oxygen atoms in total. The number of H-pyrrole nitrogens is 1. The van der Waals surface area contributed by atoms with Gasteiger partial charge in [0, 0.05) is 29.1 Å². The summed E-state index contributed by atoms with van der Waals surface area (Å²) in [5.74, 6) is 1.43. The van der Waals surface area contributed by atoms with Crippen molar-refractivity contribution in [2.75, 3.05) is 5.75 Å². The number of aromatic nitrogens is 5. The Balaban J connectivity index is 1.73. The molecule has 0 aromatic carbocycles. The number of hydrogen-bond donors (Lipinski definition) is 1. The average Bonchev–Trinajstić information content (AvgIpc) is 3.29. The maximum atomic E-state index is 8.67. The third-order valence-electron chi connectivity index (χ3n) is 4.50. The summed E-state index contributed by atoms with van der Waals surface area (Å²) < 4.78 is 2.06. The Morgan fingerprint density at radius 1 is 1.36 bits per heavy atom. The largest absolute Gasteiger partial charge is 0.346 e. The first kappa shape index (κ1) is 17.5. The van der Waals surface area contributed by atoms with E-state index in [2.05, 4.69) is 50.2 Å². The zero-order valence-corrected chi connectivity index (χ0v) is 15.3. The number of nitrogens with one attached hydrogen (secondary N) is 1. The molecule has 7 heteroatoms. The summed E-state index contributed by atoms with van der Waals surface area (Å²) in [6, 6.07) is 2.36. The predicted octanol–water partition coefficient (Wildman–Crippen LogP) is 4.40. The summed E-state index contributed by atoms with van der Waals surface area (Å²) in [4.78, 5) is 11.8. The zero-order valence-electron chi connectivity index (χ0n) is 14.5. The van der Waals surface area contributed by atoms with Crippen LogP contribution in [0.5, 0.6) is 0 Å². The fourth-order valence-corrected chi connectivity index (χ4v) is 3.55. The summed E-state index contributed by atoms with van der Waals surface area (Å²) in [7, 11) is 0. The Hall–Kier alpha value is -2.33. The van der Waals surface area contributed by atoms with E-state index in [1.807, 2.05) is 18.5 Å². The van der Waals surface area contributed by atoms with Crippen LogP contribution in [0.15, 0.2) is 31.0 Å². The monoisotopic (exact) mass is 354 g/mol. The molecular weight excluding hydrogens is 332 g/mol. The van der Waals surface area contributed by atoms with Gasteiger partial charge in [0.2, 0.25) is 0 Å². The van der Waals surface area contributed by atoms with E-state index in [9.17, 15) is 0 Å². The van der Waals surface area contributed by atoms with Gasteiger partial charge in [0.05, 0.1) is 17.9 Å². The molecule has 0 saturated carbocycles. The molecule has 3 aromatic rings. The fraction of sp³-hybridized carbons (Fsp3) is 0.444. The third kappa shape index (κ3) is 4.02. The van der Waals surface area contributed by atoms with Crippen molar-refractivity contribution in [1.82, 2.24) is 24.7 Å². The molecule has 0 aliphatic heterocycles. The molecule has 0 bridgehead atoms. The number of thioether (sulfide) groups is 1. The van der Waals surface area contributed by atoms with Gasteiger partial charge in [-0.3, -0.25) is 4.68 Å². The molecule has 3 rings (SSSR count). The highest BCUT2D eigenvalue weighted by Crippen LogP contribution is 2.27. The van der Waals surface area contributed by atoms with E-state index < -0.39 is 0 Å². The topological polar surface area (TPSA) is 83.2 Å². The lowest BCUT2D eigenvalue weighted by atomic mass is 10.0. The van der Waals surface area contributed by atoms with Crippen molar-refractivity contribution < 1.29 is 0 Å². The van der Waals surface area contributed by atoms with Crippen LogP contribution in [0.1, 0.15) is 39.2 Å². The van der Waals surface area contributed by atoms with E-state index in [1.54, 1.807) is 6.33 Å². The summed E-state index contributed by atoms with van der Waals surface area (Å²) >= 11 is 1.34. The first-order valence-corrected chi connectivity index (χ1v) is 9.55. The van der Waals surface area contributed by atoms with Crippen LogP contribution in [0.3, 0.4) is 0 Å². The first-order valence-electron chi connectivity index (χ1n) is 8.56. The van der Waals surface area contributed by atoms with Gasteiger partial charge < -0.3 is 4.98 Å². The van der Waals surface area contributed by atoms with Crippen molar-refractivity contribution in [3.8, 4) is 16.7 Å². The lowest BCUT2D eigenvalue weighted by molar-refractivity contribution is 0.378. The van der Waals surface area contributed by atoms with Crippen molar-refractivity contribution in [3.63, 3.8) is 0 Å². The number of fused-ring (bicyclic) bond motifs is 1. The summed E-state index contributed by atoms with van der Waals surface area (Å²) in [6.07, 6.45) is 10.6. The highest BCUT2D eigenvalue weighted by molar-refractivity contribution is 8.03. The third-order valence-corrected chi connectivity index (χ3v) is 5.36. The molecule has 0 spiro atoms. The Morgan fingerprint density at radius 2 is 2.24 bits per heavy atom. The normalized spacial score (nSPS) is 13.6. The molecule has 1 N–H and O–H groups in total. The molecule has 3 heterocycles. The Labute approximate surface area is 151 Å². The van der Waals surface area contributed by atoms with Crippen LogP contribution >= 0.6 is 11.8 Å². The van der Waals surface area contributed by atoms with Crippen LogP contribution in [0, 0.1) is 16.6 Å². The molecule has 0 amide bonds. The van der Waals surface area contributed by atoms with Gasteiger partial charge in [0.25, 0.3) is 0 Å². The van der Waals surface area contributed by atoms with Crippen LogP contribution in [0.2, 0.25) is 0 Å². The Kier molecular flexibility index (Phi) is 5.71. The van der Waals surface area contributed by atoms with E-state index in [1.165, 1.54) is 11.8 Å². The van der Waals surface area contributed by atoms with Crippen LogP contribution in [-0.2, 0) is 0 Å². The molecule has 0 unspecified atom stereocenters. The van der Waals surface area contributed by atoms with Gasteiger partial charge in [-0.2, -0.15) is 10.4 Å². The van der Waals surface area contributed by atoms with Gasteiger partial charge in [0.1, 0.15) is 17.4 Å². The van der Waals surface area contributed by atoms with Gasteiger partial charge in [-0.05, 0) is 43.0 Å². The molecule has 0 aliphatic rings. The van der Waals surface area contributed by atoms with E-state index >= 15 is 0 Å². The standard InChI is InChI=1S/C18H22N6S/c1-3-15(5-4-13(2)10-25-11-19)24-9-14(8-23-24)17-16-6-7-20-18(16)22-12-21-17/h6-9,12-13,15H,3-5,10H2,1-2H3,(H,20,21,22)/t13-,15+/m0/s1. The number of thiocyanates is 1. The predicted molar refractivity (Wildman–Crippen MR) is 101 cm³/mol. The second-order valence-electron chi connectivity index (χ2n) is 6.32. The fourth-order valence-electron chi connectivity index (χ4n) is 3.03. The maximum absolute atomic E-state index is 8.67. The Bertz CT molecular complexity index is 862. The van der Waals surface area contributed by atoms with Gasteiger partial charge >= 0.3 is 0 Å². The summed E-state index contributed by atoms with van der Waals surface area (Å²) in [6.45, 7) is 4.39. The minimum atomic E-state index is 0.367. The molecule has 0 fully saturated rings. The van der Waals surface area contributed by atoms with Crippen LogP contribution < -0.4 is 0 Å². The Morgan fingerprint density at radius 3 is 3.04 bits per heavy atom. The van der Waals surface area contributed by atoms with Crippen molar-refractivity contribution in [2.24, 2.45) is 5.92 Å². The molecule has 2 atom stereocenters. The highest BCUT2D eigenvalue weighted by Gasteiger charge is 2.15. The summed E-state index contributed by atoms with van der Waals surface area (Å²) in [5.41, 5.74) is 2.76. The lowest BCUT2D eigenvalue weighted by Gasteiger charge is -2.17. The molecule has 0 aliphatic carbocycles. The van der Waals surface area contributed by atoms with E-state index in [0.717, 1.165) is 47.3 Å². The quantitative estimate of drug-likeness (QED) is 0.606. The van der Waals surface area contributed by atoms with Crippen molar-refractivity contribution in [1.29, 1.82) is 5.26 Å². The van der Waals surface area contributed by atoms with Crippen molar-refractivity contribution in [2.45, 2.75) is 39.2 Å². The molecule has 0 saturated heterocycles. The second kappa shape index (κ2) is 8.17. The second-order valence-corrected chi connectivity index (χ2v) is 7.12. The number of hydrogen-bond acceptors (Lipinski definition) is 5. The van der Waals surface area contributed by atoms with Crippen LogP contribution in [0.25, 0.3) is 22.3 Å². The number of nitriles is 1. The van der Waals surface area contributed by atoms with Crippen molar-refractivity contribution in [3.05, 3.63) is 31.0 Å². The van der Waals surface area contributed by atoms with Crippen molar-refractivity contribution >= 4 is 22.8 Å². The van der Waals surface area contributed by atoms with E-state index in [-0.39, 0.29) is 0 Å². The lowest BCUT2D eigenvalue weighted by Crippen LogP contribution is -2.11. The number of nitrogens with zero attached hydrogens (tertiary/aromatic N) is 5. The number of aromatic amines is 1. The minimum Gasteiger partial charge on any atom is -0.346 e. The zero-order chi connectivity index (χ0) is 17.6. The number of rotatable bonds is 8. The minimum absolute atomic E-state index is 0.367. The van der Waals surface area contributed by atoms with E-state index in [0.29, 0.717) is 12.0 Å². The van der Waals surface area contributed by atoms with Gasteiger partial charge in [-0.25, -0.2) is 9.97 Å². The van der Waals surface area contributed by atoms with Gasteiger partial charge in [-0.15, -0.1) is 0 Å². The molecular formula is C18H22N6S. The maximum Gasteiger partial charge on any atom is 0.141 e. The van der Waals surface area contributed by atoms with Gasteiger partial charge in [-0.1, -0.05) is 13.8 Å². The van der Waals surface area contributed by atoms with Gasteiger partial charge in [0.15, 0.2) is 0 Å². The SMILES string of the molecule is CC[C@H](CC[C@H](C)CSC#N)n1cc(-c2ncnc3[nH]ccc23)cn1. The van der Waals surface area contributed by atoms with E-state index in [4.69, 9.17) is 5.26 Å². The summed E-state index contributed by atoms with van der Waals surface area (Å²) in [5, 5.41) is 16.4. The molecule has 3 aromatic heterocycles. The first-order chi connectivity index (χ1) is 12.2.